The molecule has 0 saturated carbocycles. The quantitative estimate of drug-likeness (QED) is 0.640. The molecule has 2 aromatic rings. The number of pyridine rings is 1. The minimum Gasteiger partial charge on any atom is -0.463 e. The number of aromatic nitrogens is 1. The summed E-state index contributed by atoms with van der Waals surface area (Å²) >= 11 is 0. The third-order valence-electron chi connectivity index (χ3n) is 2.77. The van der Waals surface area contributed by atoms with Crippen molar-refractivity contribution >= 4 is 19.2 Å². The molecule has 0 unspecified atom stereocenters. The first-order chi connectivity index (χ1) is 9.40. The number of rotatable bonds is 4. The highest BCUT2D eigenvalue weighted by Gasteiger charge is 2.18. The number of carbonyl (C=O) groups excluding carboxylic acids is 1. The van der Waals surface area contributed by atoms with Crippen LogP contribution in [0.1, 0.15) is 10.6 Å². The highest BCUT2D eigenvalue weighted by Crippen LogP contribution is 2.23. The molecule has 0 aliphatic carbocycles. The fourth-order valence-electron chi connectivity index (χ4n) is 1.59. The predicted molar refractivity (Wildman–Crippen MR) is 77.3 cm³/mol. The molecule has 0 aliphatic rings. The molecule has 2 heterocycles. The highest BCUT2D eigenvalue weighted by molar-refractivity contribution is 6.88. The SMILES string of the molecule is COC(=O)c1ccc(Oc2cncc([Si](C)(C)C)c2)o1. The Balaban J connectivity index is 2.18. The van der Waals surface area contributed by atoms with Crippen LogP contribution in [0.2, 0.25) is 19.6 Å². The van der Waals surface area contributed by atoms with Gasteiger partial charge in [0, 0.05) is 12.3 Å². The molecule has 0 aromatic carbocycles. The summed E-state index contributed by atoms with van der Waals surface area (Å²) in [5.74, 6) is 0.404. The van der Waals surface area contributed by atoms with E-state index in [2.05, 4.69) is 29.4 Å². The van der Waals surface area contributed by atoms with E-state index in [-0.39, 0.29) is 11.7 Å². The van der Waals surface area contributed by atoms with Crippen LogP contribution in [0.25, 0.3) is 0 Å². The van der Waals surface area contributed by atoms with Crippen molar-refractivity contribution in [2.75, 3.05) is 7.11 Å². The lowest BCUT2D eigenvalue weighted by atomic mass is 10.4. The minimum atomic E-state index is -1.45. The minimum absolute atomic E-state index is 0.108. The van der Waals surface area contributed by atoms with E-state index < -0.39 is 14.0 Å². The Bertz CT molecular complexity index is 616. The van der Waals surface area contributed by atoms with E-state index in [9.17, 15) is 4.79 Å². The lowest BCUT2D eigenvalue weighted by Crippen LogP contribution is -2.37. The molecule has 0 fully saturated rings. The average molecular weight is 291 g/mol. The number of furan rings is 1. The Morgan fingerprint density at radius 3 is 2.65 bits per heavy atom. The molecule has 5 nitrogen and oxygen atoms in total. The van der Waals surface area contributed by atoms with Gasteiger partial charge in [0.2, 0.25) is 5.76 Å². The lowest BCUT2D eigenvalue weighted by Gasteiger charge is -2.16. The largest absolute Gasteiger partial charge is 0.463 e. The van der Waals surface area contributed by atoms with Gasteiger partial charge < -0.3 is 13.9 Å². The standard InChI is InChI=1S/C14H17NO4Si/c1-17-14(16)12-5-6-13(19-12)18-10-7-11(9-15-8-10)20(2,3)4/h5-9H,1-4H3. The highest BCUT2D eigenvalue weighted by atomic mass is 28.3. The van der Waals surface area contributed by atoms with Gasteiger partial charge in [0.15, 0.2) is 0 Å². The molecule has 6 heteroatoms. The normalized spacial score (nSPS) is 11.2. The summed E-state index contributed by atoms with van der Waals surface area (Å²) in [6, 6.07) is 5.05. The topological polar surface area (TPSA) is 61.6 Å². The zero-order valence-electron chi connectivity index (χ0n) is 12.0. The summed E-state index contributed by atoms with van der Waals surface area (Å²) < 4.78 is 15.4. The summed E-state index contributed by atoms with van der Waals surface area (Å²) in [5, 5.41) is 1.19. The van der Waals surface area contributed by atoms with Crippen molar-refractivity contribution < 1.29 is 18.7 Å². The first-order valence-electron chi connectivity index (χ1n) is 6.21. The smallest absolute Gasteiger partial charge is 0.374 e. The van der Waals surface area contributed by atoms with Crippen LogP contribution in [0.4, 0.5) is 0 Å². The first-order valence-corrected chi connectivity index (χ1v) is 9.71. The van der Waals surface area contributed by atoms with E-state index in [1.54, 1.807) is 12.3 Å². The van der Waals surface area contributed by atoms with Crippen LogP contribution in [-0.2, 0) is 4.74 Å². The number of ether oxygens (including phenoxy) is 2. The van der Waals surface area contributed by atoms with Gasteiger partial charge in [-0.3, -0.25) is 4.98 Å². The molecule has 0 radical (unpaired) electrons. The Hall–Kier alpha value is -2.08. The Morgan fingerprint density at radius 2 is 2.00 bits per heavy atom. The summed E-state index contributed by atoms with van der Waals surface area (Å²) in [6.07, 6.45) is 3.48. The van der Waals surface area contributed by atoms with Crippen LogP contribution in [0.5, 0.6) is 11.7 Å². The molecule has 0 bridgehead atoms. The van der Waals surface area contributed by atoms with E-state index in [4.69, 9.17) is 9.15 Å². The number of methoxy groups -OCH3 is 1. The maximum Gasteiger partial charge on any atom is 0.374 e. The van der Waals surface area contributed by atoms with Gasteiger partial charge in [-0.05, 0) is 17.3 Å². The van der Waals surface area contributed by atoms with Crippen LogP contribution in [0, 0.1) is 0 Å². The molecule has 0 saturated heterocycles. The van der Waals surface area contributed by atoms with Gasteiger partial charge in [0.05, 0.1) is 21.4 Å². The molecule has 2 aromatic heterocycles. The van der Waals surface area contributed by atoms with Crippen LogP contribution in [-0.4, -0.2) is 26.1 Å². The number of hydrogen-bond donors (Lipinski definition) is 0. The third-order valence-corrected chi connectivity index (χ3v) is 4.77. The van der Waals surface area contributed by atoms with Crippen molar-refractivity contribution in [2.45, 2.75) is 19.6 Å². The van der Waals surface area contributed by atoms with Gasteiger partial charge in [-0.15, -0.1) is 0 Å². The Kier molecular flexibility index (Phi) is 3.94. The average Bonchev–Trinajstić information content (AvgIpc) is 2.85. The monoisotopic (exact) mass is 291 g/mol. The molecule has 106 valence electrons. The van der Waals surface area contributed by atoms with Gasteiger partial charge in [0.25, 0.3) is 5.95 Å². The summed E-state index contributed by atoms with van der Waals surface area (Å²) in [4.78, 5) is 15.5. The number of esters is 1. The Morgan fingerprint density at radius 1 is 1.25 bits per heavy atom. The maximum atomic E-state index is 11.3. The van der Waals surface area contributed by atoms with E-state index in [1.165, 1.54) is 18.4 Å². The first kappa shape index (κ1) is 14.3. The number of hydrogen-bond acceptors (Lipinski definition) is 5. The van der Waals surface area contributed by atoms with Crippen molar-refractivity contribution in [3.63, 3.8) is 0 Å². The predicted octanol–water partition coefficient (Wildman–Crippen LogP) is 2.80. The molecular weight excluding hydrogens is 274 g/mol. The maximum absolute atomic E-state index is 11.3. The lowest BCUT2D eigenvalue weighted by molar-refractivity contribution is 0.0560. The molecule has 0 N–H and O–H groups in total. The van der Waals surface area contributed by atoms with Crippen molar-refractivity contribution in [2.24, 2.45) is 0 Å². The van der Waals surface area contributed by atoms with Crippen LogP contribution < -0.4 is 9.92 Å². The van der Waals surface area contributed by atoms with Gasteiger partial charge in [0.1, 0.15) is 5.75 Å². The van der Waals surface area contributed by atoms with E-state index in [1.807, 2.05) is 12.3 Å². The van der Waals surface area contributed by atoms with Gasteiger partial charge in [-0.1, -0.05) is 19.6 Å². The van der Waals surface area contributed by atoms with Gasteiger partial charge in [-0.2, -0.15) is 0 Å². The second kappa shape index (κ2) is 5.50. The molecule has 20 heavy (non-hydrogen) atoms. The molecule has 0 spiro atoms. The fraction of sp³-hybridized carbons (Fsp3) is 0.286. The molecule has 2 rings (SSSR count). The molecular formula is C14H17NO4Si. The summed E-state index contributed by atoms with van der Waals surface area (Å²) in [7, 11) is -0.149. The fourth-order valence-corrected chi connectivity index (χ4v) is 2.62. The number of nitrogens with zero attached hydrogens (tertiary/aromatic N) is 1. The van der Waals surface area contributed by atoms with E-state index in [0.717, 1.165) is 0 Å². The number of carbonyl (C=O) groups is 1. The molecule has 0 atom stereocenters. The van der Waals surface area contributed by atoms with Gasteiger partial charge in [-0.25, -0.2) is 4.79 Å². The van der Waals surface area contributed by atoms with E-state index in [0.29, 0.717) is 5.75 Å². The second-order valence-electron chi connectivity index (χ2n) is 5.37. The summed E-state index contributed by atoms with van der Waals surface area (Å²) in [6.45, 7) is 6.70. The van der Waals surface area contributed by atoms with Crippen molar-refractivity contribution in [1.82, 2.24) is 4.98 Å². The van der Waals surface area contributed by atoms with E-state index >= 15 is 0 Å². The zero-order chi connectivity index (χ0) is 14.8. The van der Waals surface area contributed by atoms with Crippen LogP contribution in [0.15, 0.2) is 35.0 Å². The molecule has 0 amide bonds. The second-order valence-corrected chi connectivity index (χ2v) is 10.4. The Labute approximate surface area is 118 Å². The molecule has 0 aliphatic heterocycles. The zero-order valence-corrected chi connectivity index (χ0v) is 13.0. The van der Waals surface area contributed by atoms with Gasteiger partial charge >= 0.3 is 5.97 Å². The van der Waals surface area contributed by atoms with Crippen LogP contribution in [0.3, 0.4) is 0 Å². The van der Waals surface area contributed by atoms with Crippen molar-refractivity contribution in [3.8, 4) is 11.7 Å². The summed E-state index contributed by atoms with van der Waals surface area (Å²) in [5.41, 5.74) is 0. The third kappa shape index (κ3) is 3.27. The van der Waals surface area contributed by atoms with Crippen molar-refractivity contribution in [1.29, 1.82) is 0 Å². The van der Waals surface area contributed by atoms with Crippen LogP contribution >= 0.6 is 0 Å². The van der Waals surface area contributed by atoms with Crippen molar-refractivity contribution in [3.05, 3.63) is 36.4 Å².